The molecule has 1 aromatic heterocycles. The Morgan fingerprint density at radius 3 is 2.50 bits per heavy atom. The van der Waals surface area contributed by atoms with E-state index in [1.807, 2.05) is 54.6 Å². The smallest absolute Gasteiger partial charge is 0.250 e. The van der Waals surface area contributed by atoms with Gasteiger partial charge in [-0.15, -0.1) is 0 Å². The van der Waals surface area contributed by atoms with Crippen molar-refractivity contribution in [1.29, 1.82) is 0 Å². The first kappa shape index (κ1) is 20.1. The van der Waals surface area contributed by atoms with E-state index in [9.17, 15) is 0 Å². The molecule has 0 saturated carbocycles. The topological polar surface area (TPSA) is 87.6 Å². The number of benzene rings is 2. The minimum atomic E-state index is 0.352. The molecule has 2 heterocycles. The summed E-state index contributed by atoms with van der Waals surface area (Å²) in [5.41, 5.74) is 4.83. The molecular weight excluding hydrogens is 402 g/mol. The van der Waals surface area contributed by atoms with Gasteiger partial charge < -0.3 is 15.0 Å². The normalized spacial score (nSPS) is 14.1. The second-order valence-corrected chi connectivity index (χ2v) is 7.02. The highest BCUT2D eigenvalue weighted by Crippen LogP contribution is 2.16. The number of hydrogen-bond acceptors (Lipinski definition) is 8. The van der Waals surface area contributed by atoms with E-state index < -0.39 is 0 Å². The third-order valence-corrected chi connectivity index (χ3v) is 4.83. The van der Waals surface area contributed by atoms with E-state index >= 15 is 0 Å². The first-order chi connectivity index (χ1) is 14.8. The van der Waals surface area contributed by atoms with Gasteiger partial charge in [-0.25, -0.2) is 5.43 Å². The van der Waals surface area contributed by atoms with Crippen LogP contribution in [0.5, 0.6) is 0 Å². The van der Waals surface area contributed by atoms with Gasteiger partial charge in [0.2, 0.25) is 17.8 Å². The zero-order valence-corrected chi connectivity index (χ0v) is 17.1. The van der Waals surface area contributed by atoms with Crippen LogP contribution in [0.2, 0.25) is 5.02 Å². The fourth-order valence-electron chi connectivity index (χ4n) is 2.91. The van der Waals surface area contributed by atoms with Crippen molar-refractivity contribution < 1.29 is 4.74 Å². The SMILES string of the molecule is Clc1ccccc1/C=N\Nc1nc(NCc2ccccc2)nc(N2CCOCC2)n1. The second-order valence-electron chi connectivity index (χ2n) is 6.61. The summed E-state index contributed by atoms with van der Waals surface area (Å²) >= 11 is 6.17. The van der Waals surface area contributed by atoms with Crippen LogP contribution in [0.1, 0.15) is 11.1 Å². The summed E-state index contributed by atoms with van der Waals surface area (Å²) in [4.78, 5) is 15.6. The molecule has 0 spiro atoms. The fourth-order valence-corrected chi connectivity index (χ4v) is 3.10. The van der Waals surface area contributed by atoms with E-state index in [1.165, 1.54) is 0 Å². The zero-order valence-electron chi connectivity index (χ0n) is 16.3. The lowest BCUT2D eigenvalue weighted by atomic mass is 10.2. The Bertz CT molecular complexity index is 994. The van der Waals surface area contributed by atoms with Gasteiger partial charge in [-0.05, 0) is 11.6 Å². The average Bonchev–Trinajstić information content (AvgIpc) is 2.80. The lowest BCUT2D eigenvalue weighted by Gasteiger charge is -2.27. The van der Waals surface area contributed by atoms with Crippen LogP contribution in [0, 0.1) is 0 Å². The van der Waals surface area contributed by atoms with Crippen molar-refractivity contribution in [2.45, 2.75) is 6.54 Å². The van der Waals surface area contributed by atoms with Gasteiger partial charge >= 0.3 is 0 Å². The molecule has 9 heteroatoms. The lowest BCUT2D eigenvalue weighted by Crippen LogP contribution is -2.37. The summed E-state index contributed by atoms with van der Waals surface area (Å²) in [6.45, 7) is 3.35. The predicted molar refractivity (Wildman–Crippen MR) is 119 cm³/mol. The number of nitrogens with zero attached hydrogens (tertiary/aromatic N) is 5. The molecule has 30 heavy (non-hydrogen) atoms. The molecule has 0 radical (unpaired) electrons. The number of ether oxygens (including phenoxy) is 1. The molecule has 2 N–H and O–H groups in total. The van der Waals surface area contributed by atoms with Crippen molar-refractivity contribution in [1.82, 2.24) is 15.0 Å². The molecule has 0 unspecified atom stereocenters. The molecule has 8 nitrogen and oxygen atoms in total. The molecule has 1 saturated heterocycles. The third-order valence-electron chi connectivity index (χ3n) is 4.48. The summed E-state index contributed by atoms with van der Waals surface area (Å²) < 4.78 is 5.43. The molecule has 154 valence electrons. The van der Waals surface area contributed by atoms with Crippen molar-refractivity contribution in [3.8, 4) is 0 Å². The highest BCUT2D eigenvalue weighted by atomic mass is 35.5. The second kappa shape index (κ2) is 10.00. The maximum atomic E-state index is 6.17. The van der Waals surface area contributed by atoms with Gasteiger partial charge in [0.05, 0.1) is 19.4 Å². The molecule has 3 aromatic rings. The van der Waals surface area contributed by atoms with Gasteiger partial charge in [-0.3, -0.25) is 0 Å². The van der Waals surface area contributed by atoms with E-state index in [4.69, 9.17) is 16.3 Å². The molecule has 0 aliphatic carbocycles. The van der Waals surface area contributed by atoms with Crippen molar-refractivity contribution in [3.05, 3.63) is 70.7 Å². The van der Waals surface area contributed by atoms with E-state index in [2.05, 4.69) is 35.7 Å². The molecule has 1 aliphatic heterocycles. The largest absolute Gasteiger partial charge is 0.378 e. The summed E-state index contributed by atoms with van der Waals surface area (Å²) in [5.74, 6) is 1.41. The number of anilines is 3. The minimum absolute atomic E-state index is 0.352. The Morgan fingerprint density at radius 2 is 1.70 bits per heavy atom. The van der Waals surface area contributed by atoms with Crippen LogP contribution in [-0.4, -0.2) is 47.5 Å². The molecule has 1 fully saturated rings. The van der Waals surface area contributed by atoms with E-state index in [0.29, 0.717) is 42.6 Å². The first-order valence-corrected chi connectivity index (χ1v) is 10.1. The van der Waals surface area contributed by atoms with Crippen LogP contribution < -0.4 is 15.6 Å². The quantitative estimate of drug-likeness (QED) is 0.444. The molecule has 0 bridgehead atoms. The number of morpholine rings is 1. The average molecular weight is 424 g/mol. The maximum absolute atomic E-state index is 6.17. The van der Waals surface area contributed by atoms with Crippen molar-refractivity contribution in [3.63, 3.8) is 0 Å². The molecule has 2 aromatic carbocycles. The summed E-state index contributed by atoms with van der Waals surface area (Å²) in [6.07, 6.45) is 1.64. The Labute approximate surface area is 180 Å². The van der Waals surface area contributed by atoms with Crippen molar-refractivity contribution in [2.24, 2.45) is 5.10 Å². The number of nitrogens with one attached hydrogen (secondary N) is 2. The number of hydrazone groups is 1. The van der Waals surface area contributed by atoms with Crippen LogP contribution in [-0.2, 0) is 11.3 Å². The first-order valence-electron chi connectivity index (χ1n) is 9.68. The van der Waals surface area contributed by atoms with Gasteiger partial charge in [-0.2, -0.15) is 20.1 Å². The van der Waals surface area contributed by atoms with Gasteiger partial charge in [0.15, 0.2) is 0 Å². The Balaban J connectivity index is 1.52. The Hall–Kier alpha value is -3.23. The van der Waals surface area contributed by atoms with E-state index in [0.717, 1.165) is 24.2 Å². The third kappa shape index (κ3) is 5.43. The van der Waals surface area contributed by atoms with E-state index in [-0.39, 0.29) is 0 Å². The Morgan fingerprint density at radius 1 is 0.967 bits per heavy atom. The van der Waals surface area contributed by atoms with Gasteiger partial charge in [0, 0.05) is 30.2 Å². The maximum Gasteiger partial charge on any atom is 0.250 e. The van der Waals surface area contributed by atoms with Gasteiger partial charge in [-0.1, -0.05) is 60.1 Å². The van der Waals surface area contributed by atoms with Crippen LogP contribution in [0.25, 0.3) is 0 Å². The van der Waals surface area contributed by atoms with Crippen LogP contribution in [0.3, 0.4) is 0 Å². The summed E-state index contributed by atoms with van der Waals surface area (Å²) in [7, 11) is 0. The number of rotatable bonds is 7. The van der Waals surface area contributed by atoms with Crippen molar-refractivity contribution in [2.75, 3.05) is 41.9 Å². The molecular formula is C21H22ClN7O. The van der Waals surface area contributed by atoms with Crippen LogP contribution >= 0.6 is 11.6 Å². The summed E-state index contributed by atoms with van der Waals surface area (Å²) in [6, 6.07) is 17.5. The molecule has 0 amide bonds. The monoisotopic (exact) mass is 423 g/mol. The number of hydrogen-bond donors (Lipinski definition) is 2. The number of halogens is 1. The van der Waals surface area contributed by atoms with Crippen LogP contribution in [0.4, 0.5) is 17.8 Å². The summed E-state index contributed by atoms with van der Waals surface area (Å²) in [5, 5.41) is 8.12. The molecule has 4 rings (SSSR count). The molecule has 0 atom stereocenters. The highest BCUT2D eigenvalue weighted by Gasteiger charge is 2.16. The van der Waals surface area contributed by atoms with Gasteiger partial charge in [0.1, 0.15) is 0 Å². The van der Waals surface area contributed by atoms with Crippen molar-refractivity contribution >= 4 is 35.7 Å². The lowest BCUT2D eigenvalue weighted by molar-refractivity contribution is 0.122. The zero-order chi connectivity index (χ0) is 20.6. The predicted octanol–water partition coefficient (Wildman–Crippen LogP) is 3.42. The van der Waals surface area contributed by atoms with E-state index in [1.54, 1.807) is 6.21 Å². The number of aromatic nitrogens is 3. The van der Waals surface area contributed by atoms with Crippen LogP contribution in [0.15, 0.2) is 59.7 Å². The minimum Gasteiger partial charge on any atom is -0.378 e. The fraction of sp³-hybridized carbons (Fsp3) is 0.238. The molecule has 1 aliphatic rings. The highest BCUT2D eigenvalue weighted by molar-refractivity contribution is 6.33. The Kier molecular flexibility index (Phi) is 6.68. The standard InChI is InChI=1S/C21H22ClN7O/c22-18-9-5-4-8-17(18)15-24-28-20-25-19(23-14-16-6-2-1-3-7-16)26-21(27-20)29-10-12-30-13-11-29/h1-9,15H,10-14H2,(H2,23,25,26,27,28)/b24-15-. The van der Waals surface area contributed by atoms with Gasteiger partial charge in [0.25, 0.3) is 0 Å².